The number of hydrogen-bond donors (Lipinski definition) is 0. The molecule has 1 fully saturated rings. The second kappa shape index (κ2) is 9.09. The molecule has 4 nitrogen and oxygen atoms in total. The summed E-state index contributed by atoms with van der Waals surface area (Å²) < 4.78 is 0. The maximum atomic E-state index is 12.8. The summed E-state index contributed by atoms with van der Waals surface area (Å²) in [6.07, 6.45) is 3.42. The Morgan fingerprint density at radius 2 is 2.00 bits per heavy atom. The SMILES string of the molecule is Cc1cccc(Cc2cc(C)nc([C@@H]3CCCN(C(=O)Cc4csc(C)n4)C3)c2)c1. The number of aromatic nitrogens is 2. The Labute approximate surface area is 183 Å². The predicted molar refractivity (Wildman–Crippen MR) is 122 cm³/mol. The number of benzene rings is 1. The van der Waals surface area contributed by atoms with Gasteiger partial charge in [-0.1, -0.05) is 29.8 Å². The Morgan fingerprint density at radius 1 is 1.13 bits per heavy atom. The number of rotatable bonds is 5. The van der Waals surface area contributed by atoms with Gasteiger partial charge in [0.2, 0.25) is 5.91 Å². The van der Waals surface area contributed by atoms with E-state index in [9.17, 15) is 4.79 Å². The number of pyridine rings is 1. The van der Waals surface area contributed by atoms with Crippen LogP contribution in [0.15, 0.2) is 41.8 Å². The molecule has 1 amide bonds. The van der Waals surface area contributed by atoms with Crippen LogP contribution in [0.1, 0.15) is 57.5 Å². The molecular weight excluding hydrogens is 390 g/mol. The molecule has 30 heavy (non-hydrogen) atoms. The fraction of sp³-hybridized carbons (Fsp3) is 0.400. The van der Waals surface area contributed by atoms with Crippen molar-refractivity contribution in [2.24, 2.45) is 0 Å². The average molecular weight is 420 g/mol. The lowest BCUT2D eigenvalue weighted by molar-refractivity contribution is -0.131. The highest BCUT2D eigenvalue weighted by Crippen LogP contribution is 2.28. The van der Waals surface area contributed by atoms with Gasteiger partial charge in [0.15, 0.2) is 0 Å². The van der Waals surface area contributed by atoms with Crippen molar-refractivity contribution in [1.82, 2.24) is 14.9 Å². The van der Waals surface area contributed by atoms with Crippen molar-refractivity contribution in [1.29, 1.82) is 0 Å². The molecule has 0 bridgehead atoms. The topological polar surface area (TPSA) is 46.1 Å². The molecule has 1 saturated heterocycles. The Kier molecular flexibility index (Phi) is 6.28. The molecule has 1 aliphatic rings. The van der Waals surface area contributed by atoms with Crippen molar-refractivity contribution >= 4 is 17.2 Å². The van der Waals surface area contributed by atoms with Crippen LogP contribution in [-0.2, 0) is 17.6 Å². The first-order valence-electron chi connectivity index (χ1n) is 10.7. The first kappa shape index (κ1) is 20.7. The molecule has 1 atom stereocenters. The van der Waals surface area contributed by atoms with Crippen LogP contribution < -0.4 is 0 Å². The molecule has 4 rings (SSSR count). The van der Waals surface area contributed by atoms with Crippen molar-refractivity contribution in [3.63, 3.8) is 0 Å². The van der Waals surface area contributed by atoms with Crippen molar-refractivity contribution in [3.05, 3.63) is 80.6 Å². The Balaban J connectivity index is 1.47. The van der Waals surface area contributed by atoms with Gasteiger partial charge in [0, 0.05) is 35.8 Å². The largest absolute Gasteiger partial charge is 0.342 e. The number of thiazole rings is 1. The molecule has 0 aliphatic carbocycles. The Hall–Kier alpha value is -2.53. The zero-order valence-corrected chi connectivity index (χ0v) is 18.8. The number of likely N-dealkylation sites (tertiary alicyclic amines) is 1. The molecule has 3 heterocycles. The lowest BCUT2D eigenvalue weighted by Gasteiger charge is -2.32. The third-order valence-corrected chi connectivity index (χ3v) is 6.54. The van der Waals surface area contributed by atoms with E-state index in [1.54, 1.807) is 11.3 Å². The lowest BCUT2D eigenvalue weighted by Crippen LogP contribution is -2.40. The van der Waals surface area contributed by atoms with Crippen molar-refractivity contribution in [3.8, 4) is 0 Å². The highest BCUT2D eigenvalue weighted by Gasteiger charge is 2.26. The summed E-state index contributed by atoms with van der Waals surface area (Å²) in [4.78, 5) is 24.1. The van der Waals surface area contributed by atoms with E-state index in [4.69, 9.17) is 4.98 Å². The number of nitrogens with zero attached hydrogens (tertiary/aromatic N) is 3. The summed E-state index contributed by atoms with van der Waals surface area (Å²) in [6.45, 7) is 7.77. The maximum Gasteiger partial charge on any atom is 0.228 e. The van der Waals surface area contributed by atoms with E-state index >= 15 is 0 Å². The van der Waals surface area contributed by atoms with Gasteiger partial charge in [-0.05, 0) is 63.3 Å². The quantitative estimate of drug-likeness (QED) is 0.584. The minimum absolute atomic E-state index is 0.178. The van der Waals surface area contributed by atoms with Crippen LogP contribution in [0.3, 0.4) is 0 Å². The van der Waals surface area contributed by atoms with E-state index in [-0.39, 0.29) is 5.91 Å². The number of hydrogen-bond acceptors (Lipinski definition) is 4. The van der Waals surface area contributed by atoms with E-state index in [1.165, 1.54) is 16.7 Å². The molecule has 0 N–H and O–H groups in total. The number of carbonyl (C=O) groups is 1. The van der Waals surface area contributed by atoms with Gasteiger partial charge in [0.05, 0.1) is 17.1 Å². The smallest absolute Gasteiger partial charge is 0.228 e. The number of carbonyl (C=O) groups excluding carboxylic acids is 1. The van der Waals surface area contributed by atoms with Gasteiger partial charge in [-0.3, -0.25) is 9.78 Å². The second-order valence-electron chi connectivity index (χ2n) is 8.42. The Bertz CT molecular complexity index is 1040. The summed E-state index contributed by atoms with van der Waals surface area (Å²) in [6, 6.07) is 13.1. The number of piperidine rings is 1. The van der Waals surface area contributed by atoms with Crippen LogP contribution in [0.4, 0.5) is 0 Å². The fourth-order valence-electron chi connectivity index (χ4n) is 4.34. The van der Waals surface area contributed by atoms with Gasteiger partial charge < -0.3 is 4.90 Å². The molecule has 5 heteroatoms. The predicted octanol–water partition coefficient (Wildman–Crippen LogP) is 5.00. The maximum absolute atomic E-state index is 12.8. The average Bonchev–Trinajstić information content (AvgIpc) is 3.12. The highest BCUT2D eigenvalue weighted by atomic mass is 32.1. The number of aryl methyl sites for hydroxylation is 3. The monoisotopic (exact) mass is 419 g/mol. The van der Waals surface area contributed by atoms with Gasteiger partial charge in [-0.2, -0.15) is 0 Å². The summed E-state index contributed by atoms with van der Waals surface area (Å²) in [7, 11) is 0. The van der Waals surface area contributed by atoms with Crippen LogP contribution >= 0.6 is 11.3 Å². The van der Waals surface area contributed by atoms with Gasteiger partial charge >= 0.3 is 0 Å². The van der Waals surface area contributed by atoms with E-state index < -0.39 is 0 Å². The summed E-state index contributed by atoms with van der Waals surface area (Å²) in [5, 5.41) is 3.01. The molecule has 1 aromatic carbocycles. The van der Waals surface area contributed by atoms with Crippen molar-refractivity contribution in [2.45, 2.75) is 52.4 Å². The molecule has 0 unspecified atom stereocenters. The highest BCUT2D eigenvalue weighted by molar-refractivity contribution is 7.09. The Morgan fingerprint density at radius 3 is 2.77 bits per heavy atom. The normalized spacial score (nSPS) is 16.6. The zero-order chi connectivity index (χ0) is 21.1. The standard InChI is InChI=1S/C25H29N3OS/c1-17-6-4-7-20(10-17)12-21-11-18(2)26-24(13-21)22-8-5-9-28(15-22)25(29)14-23-16-30-19(3)27-23/h4,6-7,10-11,13,16,22H,5,8-9,12,14-15H2,1-3H3/t22-/m1/s1. The van der Waals surface area contributed by atoms with Gasteiger partial charge in [-0.15, -0.1) is 11.3 Å². The molecule has 1 aliphatic heterocycles. The van der Waals surface area contributed by atoms with Crippen LogP contribution in [0, 0.1) is 20.8 Å². The van der Waals surface area contributed by atoms with E-state index in [0.717, 1.165) is 54.4 Å². The fourth-order valence-corrected chi connectivity index (χ4v) is 4.95. The second-order valence-corrected chi connectivity index (χ2v) is 9.48. The first-order chi connectivity index (χ1) is 14.5. The van der Waals surface area contributed by atoms with Gasteiger partial charge in [0.25, 0.3) is 0 Å². The zero-order valence-electron chi connectivity index (χ0n) is 18.0. The molecule has 0 spiro atoms. The lowest BCUT2D eigenvalue weighted by atomic mass is 9.92. The van der Waals surface area contributed by atoms with Gasteiger partial charge in [0.1, 0.15) is 0 Å². The molecular formula is C25H29N3OS. The summed E-state index contributed by atoms with van der Waals surface area (Å²) >= 11 is 1.60. The van der Waals surface area contributed by atoms with Crippen LogP contribution in [0.25, 0.3) is 0 Å². The first-order valence-corrected chi connectivity index (χ1v) is 11.6. The third-order valence-electron chi connectivity index (χ3n) is 5.72. The minimum atomic E-state index is 0.178. The molecule has 0 saturated carbocycles. The summed E-state index contributed by atoms with van der Waals surface area (Å²) in [5.74, 6) is 0.480. The minimum Gasteiger partial charge on any atom is -0.342 e. The van der Waals surface area contributed by atoms with Crippen molar-refractivity contribution in [2.75, 3.05) is 13.1 Å². The van der Waals surface area contributed by atoms with Crippen molar-refractivity contribution < 1.29 is 4.79 Å². The van der Waals surface area contributed by atoms with Crippen LogP contribution in [0.2, 0.25) is 0 Å². The van der Waals surface area contributed by atoms with E-state index in [2.05, 4.69) is 55.2 Å². The number of amides is 1. The molecule has 3 aromatic rings. The van der Waals surface area contributed by atoms with Crippen LogP contribution in [-0.4, -0.2) is 33.9 Å². The third kappa shape index (κ3) is 5.14. The molecule has 2 aromatic heterocycles. The summed E-state index contributed by atoms with van der Waals surface area (Å²) in [5.41, 5.74) is 6.97. The molecule has 0 radical (unpaired) electrons. The van der Waals surface area contributed by atoms with E-state index in [0.29, 0.717) is 12.3 Å². The molecule has 156 valence electrons. The van der Waals surface area contributed by atoms with Gasteiger partial charge in [-0.25, -0.2) is 4.98 Å². The van der Waals surface area contributed by atoms with E-state index in [1.807, 2.05) is 17.2 Å². The van der Waals surface area contributed by atoms with Crippen LogP contribution in [0.5, 0.6) is 0 Å².